The molecule has 0 radical (unpaired) electrons. The van der Waals surface area contributed by atoms with E-state index in [9.17, 15) is 4.79 Å². The lowest BCUT2D eigenvalue weighted by molar-refractivity contribution is -0.124. The summed E-state index contributed by atoms with van der Waals surface area (Å²) in [6.07, 6.45) is 3.63. The van der Waals surface area contributed by atoms with Crippen molar-refractivity contribution in [2.75, 3.05) is 18.5 Å². The van der Waals surface area contributed by atoms with Crippen LogP contribution in [0.3, 0.4) is 0 Å². The Kier molecular flexibility index (Phi) is 4.10. The first-order valence-electron chi connectivity index (χ1n) is 6.89. The molecule has 1 aromatic carbocycles. The molecule has 1 aromatic rings. The van der Waals surface area contributed by atoms with Crippen molar-refractivity contribution in [2.45, 2.75) is 31.2 Å². The van der Waals surface area contributed by atoms with Crippen molar-refractivity contribution >= 4 is 11.6 Å². The van der Waals surface area contributed by atoms with Crippen molar-refractivity contribution < 1.29 is 4.79 Å². The third-order valence-electron chi connectivity index (χ3n) is 4.34. The van der Waals surface area contributed by atoms with Crippen LogP contribution in [0.4, 0.5) is 5.69 Å². The Morgan fingerprint density at radius 3 is 2.74 bits per heavy atom. The number of nitrogens with zero attached hydrogens (tertiary/aromatic N) is 1. The fourth-order valence-electron chi connectivity index (χ4n) is 2.99. The number of benzene rings is 1. The van der Waals surface area contributed by atoms with Gasteiger partial charge in [0.1, 0.15) is 0 Å². The molecule has 0 heterocycles. The van der Waals surface area contributed by atoms with Crippen LogP contribution >= 0.6 is 0 Å². The molecule has 2 rings (SSSR count). The Balaban J connectivity index is 1.94. The van der Waals surface area contributed by atoms with Gasteiger partial charge in [0.15, 0.2) is 0 Å². The van der Waals surface area contributed by atoms with Crippen molar-refractivity contribution in [3.05, 3.63) is 30.3 Å². The maximum atomic E-state index is 11.5. The molecular weight excluding hydrogens is 238 g/mol. The van der Waals surface area contributed by atoms with Crippen LogP contribution in [-0.2, 0) is 4.79 Å². The van der Waals surface area contributed by atoms with Crippen molar-refractivity contribution in [2.24, 2.45) is 17.4 Å². The average molecular weight is 261 g/mol. The zero-order valence-corrected chi connectivity index (χ0v) is 11.5. The van der Waals surface area contributed by atoms with Crippen molar-refractivity contribution in [3.63, 3.8) is 0 Å². The van der Waals surface area contributed by atoms with Crippen LogP contribution in [0.15, 0.2) is 30.3 Å². The van der Waals surface area contributed by atoms with E-state index in [1.165, 1.54) is 5.69 Å². The molecule has 19 heavy (non-hydrogen) atoms. The largest absolute Gasteiger partial charge is 0.375 e. The summed E-state index contributed by atoms with van der Waals surface area (Å²) in [4.78, 5) is 13.7. The summed E-state index contributed by atoms with van der Waals surface area (Å²) in [6, 6.07) is 10.2. The van der Waals surface area contributed by atoms with Crippen LogP contribution in [0, 0.1) is 5.92 Å². The number of carbonyl (C=O) groups is 1. The van der Waals surface area contributed by atoms with E-state index in [4.69, 9.17) is 11.5 Å². The molecule has 1 fully saturated rings. The molecule has 4 N–H and O–H groups in total. The minimum Gasteiger partial charge on any atom is -0.375 e. The number of hydrogen-bond acceptors (Lipinski definition) is 3. The summed E-state index contributed by atoms with van der Waals surface area (Å²) in [5.41, 5.74) is 12.0. The Hall–Kier alpha value is -1.55. The predicted octanol–water partition coefficient (Wildman–Crippen LogP) is 1.50. The van der Waals surface area contributed by atoms with Crippen LogP contribution in [0.2, 0.25) is 0 Å². The SMILES string of the molecule is CN(CCC1CCCC1(N)C(N)=O)c1ccccc1. The van der Waals surface area contributed by atoms with Gasteiger partial charge in [-0.2, -0.15) is 0 Å². The molecule has 0 saturated heterocycles. The van der Waals surface area contributed by atoms with Gasteiger partial charge in [0, 0.05) is 19.3 Å². The highest BCUT2D eigenvalue weighted by Gasteiger charge is 2.43. The molecule has 2 atom stereocenters. The van der Waals surface area contributed by atoms with Gasteiger partial charge < -0.3 is 16.4 Å². The summed E-state index contributed by atoms with van der Waals surface area (Å²) < 4.78 is 0. The van der Waals surface area contributed by atoms with E-state index in [0.29, 0.717) is 0 Å². The molecule has 0 aliphatic heterocycles. The highest BCUT2D eigenvalue weighted by atomic mass is 16.1. The third kappa shape index (κ3) is 2.89. The minimum absolute atomic E-state index is 0.205. The first-order valence-corrected chi connectivity index (χ1v) is 6.89. The standard InChI is InChI=1S/C15H23N3O/c1-18(13-7-3-2-4-8-13)11-9-12-6-5-10-15(12,17)14(16)19/h2-4,7-8,12H,5-6,9-11,17H2,1H3,(H2,16,19). The molecule has 0 spiro atoms. The monoisotopic (exact) mass is 261 g/mol. The molecule has 1 amide bonds. The zero-order valence-electron chi connectivity index (χ0n) is 11.5. The van der Waals surface area contributed by atoms with E-state index in [-0.39, 0.29) is 11.8 Å². The van der Waals surface area contributed by atoms with Crippen molar-refractivity contribution in [1.29, 1.82) is 0 Å². The number of rotatable bonds is 5. The Morgan fingerprint density at radius 1 is 1.42 bits per heavy atom. The molecule has 104 valence electrons. The third-order valence-corrected chi connectivity index (χ3v) is 4.34. The summed E-state index contributed by atoms with van der Waals surface area (Å²) in [6.45, 7) is 0.890. The van der Waals surface area contributed by atoms with Crippen LogP contribution in [0.5, 0.6) is 0 Å². The first kappa shape index (κ1) is 13.9. The zero-order chi connectivity index (χ0) is 13.9. The van der Waals surface area contributed by atoms with E-state index < -0.39 is 5.54 Å². The van der Waals surface area contributed by atoms with E-state index in [1.807, 2.05) is 18.2 Å². The number of nitrogens with two attached hydrogens (primary N) is 2. The van der Waals surface area contributed by atoms with Gasteiger partial charge in [-0.05, 0) is 37.3 Å². The second-order valence-corrected chi connectivity index (χ2v) is 5.54. The highest BCUT2D eigenvalue weighted by molar-refractivity contribution is 5.85. The number of amides is 1. The number of para-hydroxylation sites is 1. The van der Waals surface area contributed by atoms with Gasteiger partial charge in [0.05, 0.1) is 5.54 Å². The topological polar surface area (TPSA) is 72.3 Å². The number of hydrogen-bond donors (Lipinski definition) is 2. The fourth-order valence-corrected chi connectivity index (χ4v) is 2.99. The van der Waals surface area contributed by atoms with Gasteiger partial charge in [0.25, 0.3) is 0 Å². The van der Waals surface area contributed by atoms with Gasteiger partial charge in [-0.15, -0.1) is 0 Å². The van der Waals surface area contributed by atoms with Crippen LogP contribution < -0.4 is 16.4 Å². The van der Waals surface area contributed by atoms with Crippen molar-refractivity contribution in [3.8, 4) is 0 Å². The van der Waals surface area contributed by atoms with Crippen LogP contribution in [-0.4, -0.2) is 25.0 Å². The predicted molar refractivity (Wildman–Crippen MR) is 77.8 cm³/mol. The lowest BCUT2D eigenvalue weighted by Gasteiger charge is -2.30. The van der Waals surface area contributed by atoms with E-state index in [0.717, 1.165) is 32.2 Å². The average Bonchev–Trinajstić information content (AvgIpc) is 2.80. The van der Waals surface area contributed by atoms with Crippen molar-refractivity contribution in [1.82, 2.24) is 0 Å². The molecular formula is C15H23N3O. The minimum atomic E-state index is -0.794. The Labute approximate surface area is 114 Å². The van der Waals surface area contributed by atoms with Gasteiger partial charge in [-0.1, -0.05) is 24.6 Å². The van der Waals surface area contributed by atoms with E-state index >= 15 is 0 Å². The lowest BCUT2D eigenvalue weighted by atomic mass is 9.85. The van der Waals surface area contributed by atoms with Gasteiger partial charge in [-0.25, -0.2) is 0 Å². The molecule has 0 bridgehead atoms. The second-order valence-electron chi connectivity index (χ2n) is 5.54. The van der Waals surface area contributed by atoms with Gasteiger partial charge in [0.2, 0.25) is 5.91 Å². The second kappa shape index (κ2) is 5.61. The molecule has 4 heteroatoms. The quantitative estimate of drug-likeness (QED) is 0.843. The summed E-state index contributed by atoms with van der Waals surface area (Å²) in [5.74, 6) is -0.145. The normalized spacial score (nSPS) is 26.3. The fraction of sp³-hybridized carbons (Fsp3) is 0.533. The van der Waals surface area contributed by atoms with Gasteiger partial charge in [-0.3, -0.25) is 4.79 Å². The maximum Gasteiger partial charge on any atom is 0.237 e. The maximum absolute atomic E-state index is 11.5. The molecule has 0 aromatic heterocycles. The highest BCUT2D eigenvalue weighted by Crippen LogP contribution is 2.36. The van der Waals surface area contributed by atoms with Crippen LogP contribution in [0.1, 0.15) is 25.7 Å². The molecule has 1 aliphatic rings. The molecule has 1 aliphatic carbocycles. The lowest BCUT2D eigenvalue weighted by Crippen LogP contribution is -2.55. The summed E-state index contributed by atoms with van der Waals surface area (Å²) in [5, 5.41) is 0. The van der Waals surface area contributed by atoms with E-state index in [1.54, 1.807) is 0 Å². The summed E-state index contributed by atoms with van der Waals surface area (Å²) >= 11 is 0. The molecule has 4 nitrogen and oxygen atoms in total. The number of anilines is 1. The Morgan fingerprint density at radius 2 is 2.11 bits per heavy atom. The van der Waals surface area contributed by atoms with Gasteiger partial charge >= 0.3 is 0 Å². The van der Waals surface area contributed by atoms with Crippen LogP contribution in [0.25, 0.3) is 0 Å². The Bertz CT molecular complexity index is 434. The van der Waals surface area contributed by atoms with E-state index in [2.05, 4.69) is 24.1 Å². The molecule has 2 unspecified atom stereocenters. The smallest absolute Gasteiger partial charge is 0.237 e. The number of primary amides is 1. The first-order chi connectivity index (χ1) is 9.04. The number of carbonyl (C=O) groups excluding carboxylic acids is 1. The molecule has 1 saturated carbocycles. The summed E-state index contributed by atoms with van der Waals surface area (Å²) in [7, 11) is 2.06.